The highest BCUT2D eigenvalue weighted by molar-refractivity contribution is 5.77. The van der Waals surface area contributed by atoms with Gasteiger partial charge in [-0.15, -0.1) is 0 Å². The molecule has 1 amide bonds. The molecule has 0 atom stereocenters. The Balaban J connectivity index is 1.89. The number of likely N-dealkylation sites (tertiary alicyclic amines) is 1. The van der Waals surface area contributed by atoms with Crippen LogP contribution in [-0.2, 0) is 17.8 Å². The average molecular weight is 322 g/mol. The minimum atomic E-state index is 0.0603. The van der Waals surface area contributed by atoms with E-state index in [1.165, 1.54) is 5.56 Å². The van der Waals surface area contributed by atoms with Crippen LogP contribution in [0.15, 0.2) is 30.3 Å². The first kappa shape index (κ1) is 16.1. The molecular weight excluding hydrogens is 300 g/mol. The summed E-state index contributed by atoms with van der Waals surface area (Å²) in [4.78, 5) is 14.4. The number of amides is 1. The predicted molar refractivity (Wildman–Crippen MR) is 93.4 cm³/mol. The molecule has 0 radical (unpaired) electrons. The number of nitrogen functional groups attached to an aromatic ring is 1. The molecule has 1 aromatic heterocycles. The van der Waals surface area contributed by atoms with Gasteiger partial charge in [0.15, 0.2) is 0 Å². The fourth-order valence-electron chi connectivity index (χ4n) is 3.30. The molecule has 0 saturated carbocycles. The molecule has 5 nitrogen and oxygen atoms in total. The van der Waals surface area contributed by atoms with Gasteiger partial charge in [0.05, 0.1) is 5.69 Å². The first-order chi connectivity index (χ1) is 11.6. The van der Waals surface area contributed by atoms with Crippen molar-refractivity contribution in [1.82, 2.24) is 9.47 Å². The van der Waals surface area contributed by atoms with Crippen LogP contribution in [0.1, 0.15) is 35.4 Å². The van der Waals surface area contributed by atoms with Gasteiger partial charge in [-0.25, -0.2) is 0 Å². The van der Waals surface area contributed by atoms with Gasteiger partial charge in [-0.05, 0) is 31.4 Å². The van der Waals surface area contributed by atoms with Crippen LogP contribution in [0, 0.1) is 18.3 Å². The second-order valence-corrected chi connectivity index (χ2v) is 6.38. The van der Waals surface area contributed by atoms with Gasteiger partial charge in [-0.1, -0.05) is 29.8 Å². The third-order valence-electron chi connectivity index (χ3n) is 4.56. The number of nitriles is 1. The van der Waals surface area contributed by atoms with E-state index in [1.807, 2.05) is 30.0 Å². The number of benzene rings is 1. The Labute approximate surface area is 142 Å². The Bertz CT molecular complexity index is 794. The van der Waals surface area contributed by atoms with Crippen LogP contribution in [-0.4, -0.2) is 28.5 Å². The van der Waals surface area contributed by atoms with E-state index in [0.29, 0.717) is 17.8 Å². The molecule has 24 heavy (non-hydrogen) atoms. The summed E-state index contributed by atoms with van der Waals surface area (Å²) in [5, 5.41) is 9.39. The van der Waals surface area contributed by atoms with Crippen molar-refractivity contribution in [3.63, 3.8) is 0 Å². The third kappa shape index (κ3) is 3.28. The molecule has 3 rings (SSSR count). The summed E-state index contributed by atoms with van der Waals surface area (Å²) in [7, 11) is 0. The second-order valence-electron chi connectivity index (χ2n) is 6.38. The van der Waals surface area contributed by atoms with Crippen LogP contribution in [0.2, 0.25) is 0 Å². The number of aryl methyl sites for hydroxylation is 1. The number of hydrogen-bond acceptors (Lipinski definition) is 3. The fourth-order valence-corrected chi connectivity index (χ4v) is 3.30. The van der Waals surface area contributed by atoms with Gasteiger partial charge in [0, 0.05) is 25.2 Å². The van der Waals surface area contributed by atoms with E-state index in [9.17, 15) is 10.1 Å². The van der Waals surface area contributed by atoms with Crippen LogP contribution in [0.5, 0.6) is 0 Å². The zero-order chi connectivity index (χ0) is 17.1. The smallest absolute Gasteiger partial charge is 0.242 e. The molecule has 0 unspecified atom stereocenters. The highest BCUT2D eigenvalue weighted by atomic mass is 16.2. The van der Waals surface area contributed by atoms with Crippen molar-refractivity contribution in [3.05, 3.63) is 52.8 Å². The monoisotopic (exact) mass is 322 g/mol. The average Bonchev–Trinajstić information content (AvgIpc) is 3.18. The lowest BCUT2D eigenvalue weighted by atomic mass is 10.1. The number of carbonyl (C=O) groups excluding carboxylic acids is 1. The van der Waals surface area contributed by atoms with Crippen LogP contribution < -0.4 is 5.73 Å². The van der Waals surface area contributed by atoms with Gasteiger partial charge >= 0.3 is 0 Å². The molecular formula is C19H22N4O. The Hall–Kier alpha value is -2.74. The largest absolute Gasteiger partial charge is 0.397 e. The molecule has 2 N–H and O–H groups in total. The fraction of sp³-hybridized carbons (Fsp3) is 0.368. The highest BCUT2D eigenvalue weighted by Crippen LogP contribution is 2.23. The van der Waals surface area contributed by atoms with E-state index in [2.05, 4.69) is 12.1 Å². The number of carbonyl (C=O) groups is 1. The van der Waals surface area contributed by atoms with E-state index >= 15 is 0 Å². The molecule has 1 aliphatic heterocycles. The Kier molecular flexibility index (Phi) is 4.57. The van der Waals surface area contributed by atoms with Crippen molar-refractivity contribution in [2.75, 3.05) is 18.8 Å². The van der Waals surface area contributed by atoms with Crippen molar-refractivity contribution >= 4 is 11.6 Å². The minimum absolute atomic E-state index is 0.0603. The lowest BCUT2D eigenvalue weighted by Gasteiger charge is -2.18. The first-order valence-corrected chi connectivity index (χ1v) is 8.30. The molecule has 1 fully saturated rings. The molecule has 124 valence electrons. The summed E-state index contributed by atoms with van der Waals surface area (Å²) in [5.41, 5.74) is 10.3. The summed E-state index contributed by atoms with van der Waals surface area (Å²) < 4.78 is 1.78. The Morgan fingerprint density at radius 2 is 2.04 bits per heavy atom. The number of nitrogens with zero attached hydrogens (tertiary/aromatic N) is 3. The number of nitrogens with two attached hydrogens (primary N) is 1. The predicted octanol–water partition coefficient (Wildman–Crippen LogP) is 2.46. The van der Waals surface area contributed by atoms with E-state index < -0.39 is 0 Å². The third-order valence-corrected chi connectivity index (χ3v) is 4.56. The number of anilines is 1. The van der Waals surface area contributed by atoms with Crippen molar-refractivity contribution in [1.29, 1.82) is 5.26 Å². The molecule has 0 bridgehead atoms. The van der Waals surface area contributed by atoms with E-state index in [4.69, 9.17) is 5.73 Å². The Morgan fingerprint density at radius 1 is 1.29 bits per heavy atom. The maximum absolute atomic E-state index is 12.5. The summed E-state index contributed by atoms with van der Waals surface area (Å²) in [6.07, 6.45) is 2.73. The zero-order valence-corrected chi connectivity index (χ0v) is 14.0. The number of rotatable bonds is 4. The quantitative estimate of drug-likeness (QED) is 0.939. The molecule has 2 aromatic rings. The summed E-state index contributed by atoms with van der Waals surface area (Å²) in [6.45, 7) is 3.85. The van der Waals surface area contributed by atoms with Gasteiger partial charge in [0.1, 0.15) is 18.3 Å². The number of aromatic nitrogens is 1. The van der Waals surface area contributed by atoms with E-state index in [1.54, 1.807) is 10.6 Å². The Morgan fingerprint density at radius 3 is 2.71 bits per heavy atom. The van der Waals surface area contributed by atoms with Crippen LogP contribution in [0.25, 0.3) is 0 Å². The van der Waals surface area contributed by atoms with Gasteiger partial charge in [-0.3, -0.25) is 4.79 Å². The van der Waals surface area contributed by atoms with E-state index in [0.717, 1.165) is 37.2 Å². The molecule has 2 heterocycles. The van der Waals surface area contributed by atoms with Crippen molar-refractivity contribution < 1.29 is 4.79 Å². The normalized spacial score (nSPS) is 13.9. The van der Waals surface area contributed by atoms with Crippen molar-refractivity contribution in [2.45, 2.75) is 32.7 Å². The molecule has 0 aliphatic carbocycles. The molecule has 0 spiro atoms. The standard InChI is InChI=1S/C19H22N4O/c1-14-5-4-6-15(9-14)10-18-17(21)11-16(12-20)23(18)13-19(24)22-7-2-3-8-22/h4-6,9,11H,2-3,7-8,10,13,21H2,1H3. The summed E-state index contributed by atoms with van der Waals surface area (Å²) in [6, 6.07) is 12.0. The second kappa shape index (κ2) is 6.79. The molecule has 1 aliphatic rings. The first-order valence-electron chi connectivity index (χ1n) is 8.30. The maximum Gasteiger partial charge on any atom is 0.242 e. The SMILES string of the molecule is Cc1cccc(Cc2c(N)cc(C#N)n2CC(=O)N2CCCC2)c1. The lowest BCUT2D eigenvalue weighted by molar-refractivity contribution is -0.130. The van der Waals surface area contributed by atoms with Crippen LogP contribution >= 0.6 is 0 Å². The maximum atomic E-state index is 12.5. The van der Waals surface area contributed by atoms with Gasteiger partial charge in [0.2, 0.25) is 5.91 Å². The molecule has 1 saturated heterocycles. The van der Waals surface area contributed by atoms with Crippen molar-refractivity contribution in [3.8, 4) is 6.07 Å². The zero-order valence-electron chi connectivity index (χ0n) is 14.0. The topological polar surface area (TPSA) is 75.0 Å². The number of hydrogen-bond donors (Lipinski definition) is 1. The molecule has 5 heteroatoms. The van der Waals surface area contributed by atoms with Gasteiger partial charge in [-0.2, -0.15) is 5.26 Å². The highest BCUT2D eigenvalue weighted by Gasteiger charge is 2.21. The van der Waals surface area contributed by atoms with Crippen molar-refractivity contribution in [2.24, 2.45) is 0 Å². The van der Waals surface area contributed by atoms with Gasteiger partial charge in [0.25, 0.3) is 0 Å². The minimum Gasteiger partial charge on any atom is -0.397 e. The summed E-state index contributed by atoms with van der Waals surface area (Å²) in [5.74, 6) is 0.0603. The lowest BCUT2D eigenvalue weighted by Crippen LogP contribution is -2.31. The van der Waals surface area contributed by atoms with Crippen LogP contribution in [0.3, 0.4) is 0 Å². The van der Waals surface area contributed by atoms with E-state index in [-0.39, 0.29) is 12.5 Å². The van der Waals surface area contributed by atoms with Crippen LogP contribution in [0.4, 0.5) is 5.69 Å². The van der Waals surface area contributed by atoms with Gasteiger partial charge < -0.3 is 15.2 Å². The molecule has 1 aromatic carbocycles. The summed E-state index contributed by atoms with van der Waals surface area (Å²) >= 11 is 0.